The van der Waals surface area contributed by atoms with Crippen LogP contribution in [0.5, 0.6) is 0 Å². The fourth-order valence-electron chi connectivity index (χ4n) is 7.18. The molecule has 0 aliphatic carbocycles. The molecule has 3 N–H and O–H groups in total. The number of anilines is 1. The summed E-state index contributed by atoms with van der Waals surface area (Å²) >= 11 is 2.19. The third-order valence-electron chi connectivity index (χ3n) is 9.89. The van der Waals surface area contributed by atoms with E-state index in [1.807, 2.05) is 103 Å². The second-order valence-corrected chi connectivity index (χ2v) is 17.5. The van der Waals surface area contributed by atoms with Gasteiger partial charge in [-0.2, -0.15) is 8.42 Å². The molecule has 2 amide bonds. The van der Waals surface area contributed by atoms with Crippen LogP contribution in [-0.4, -0.2) is 65.2 Å². The van der Waals surface area contributed by atoms with Crippen LogP contribution in [0.25, 0.3) is 0 Å². The number of nitrogens with zero attached hydrogens (tertiary/aromatic N) is 3. The minimum absolute atomic E-state index is 0.101. The van der Waals surface area contributed by atoms with E-state index in [1.165, 1.54) is 0 Å². The molecule has 5 aromatic carbocycles. The number of amides is 2. The van der Waals surface area contributed by atoms with Crippen molar-refractivity contribution in [2.45, 2.75) is 23.1 Å². The highest BCUT2D eigenvalue weighted by atomic mass is 32.2. The van der Waals surface area contributed by atoms with Crippen molar-refractivity contribution in [1.29, 1.82) is 0 Å². The van der Waals surface area contributed by atoms with Gasteiger partial charge in [-0.1, -0.05) is 157 Å². The fourth-order valence-corrected chi connectivity index (χ4v) is 9.55. The van der Waals surface area contributed by atoms with E-state index in [9.17, 15) is 22.8 Å². The van der Waals surface area contributed by atoms with Crippen LogP contribution in [0.15, 0.2) is 174 Å². The first-order valence-electron chi connectivity index (χ1n) is 18.9. The average Bonchev–Trinajstić information content (AvgIpc) is 3.72. The lowest BCUT2D eigenvalue weighted by Gasteiger charge is -2.49. The molecule has 2 aliphatic heterocycles. The molecule has 13 nitrogen and oxygen atoms in total. The van der Waals surface area contributed by atoms with Crippen LogP contribution >= 0.6 is 23.1 Å². The molecule has 1 aromatic heterocycles. The van der Waals surface area contributed by atoms with E-state index < -0.39 is 51.0 Å². The van der Waals surface area contributed by atoms with Gasteiger partial charge < -0.3 is 24.8 Å². The van der Waals surface area contributed by atoms with E-state index in [-0.39, 0.29) is 33.7 Å². The molecule has 0 radical (unpaired) electrons. The zero-order valence-electron chi connectivity index (χ0n) is 32.4. The quantitative estimate of drug-likeness (QED) is 0.0311. The molecule has 1 saturated heterocycles. The number of hydrogen-bond acceptors (Lipinski definition) is 13. The number of thioether (sulfide) groups is 1. The molecule has 1 fully saturated rings. The molecular formula is C45H37N5O8S3. The predicted octanol–water partition coefficient (Wildman–Crippen LogP) is 6.36. The number of oxime groups is 1. The third kappa shape index (κ3) is 8.50. The number of nitrogen functional groups attached to an aromatic ring is 1. The molecule has 2 aliphatic rings. The van der Waals surface area contributed by atoms with Gasteiger partial charge in [0.25, 0.3) is 11.8 Å². The Balaban J connectivity index is 1.13. The van der Waals surface area contributed by atoms with Crippen molar-refractivity contribution in [2.24, 2.45) is 5.16 Å². The van der Waals surface area contributed by atoms with Crippen LogP contribution < -0.4 is 11.1 Å². The van der Waals surface area contributed by atoms with E-state index >= 15 is 0 Å². The summed E-state index contributed by atoms with van der Waals surface area (Å²) in [5, 5.41) is 8.16. The molecule has 0 spiro atoms. The van der Waals surface area contributed by atoms with Crippen molar-refractivity contribution in [3.63, 3.8) is 0 Å². The summed E-state index contributed by atoms with van der Waals surface area (Å²) in [6.45, 7) is 0. The lowest BCUT2D eigenvalue weighted by atomic mass is 9.80. The van der Waals surface area contributed by atoms with Crippen molar-refractivity contribution >= 4 is 61.8 Å². The maximum absolute atomic E-state index is 14.4. The number of carbonyl (C=O) groups excluding carboxylic acids is 3. The van der Waals surface area contributed by atoms with Crippen LogP contribution in [0.3, 0.4) is 0 Å². The van der Waals surface area contributed by atoms with E-state index in [4.69, 9.17) is 19.5 Å². The van der Waals surface area contributed by atoms with Gasteiger partial charge in [-0.25, -0.2) is 9.78 Å². The number of esters is 1. The van der Waals surface area contributed by atoms with Crippen LogP contribution in [0.4, 0.5) is 5.13 Å². The number of rotatable bonds is 14. The van der Waals surface area contributed by atoms with Crippen LogP contribution in [0, 0.1) is 0 Å². The minimum atomic E-state index is -4.14. The largest absolute Gasteiger partial charge is 0.448 e. The number of nitrogens with two attached hydrogens (primary N) is 1. The molecular weight excluding hydrogens is 835 g/mol. The number of fused-ring (bicyclic) bond motifs is 1. The fraction of sp³-hybridized carbons (Fsp3) is 0.133. The summed E-state index contributed by atoms with van der Waals surface area (Å²) in [6, 6.07) is 45.1. The number of carbonyl (C=O) groups is 3. The predicted molar refractivity (Wildman–Crippen MR) is 232 cm³/mol. The lowest BCUT2D eigenvalue weighted by molar-refractivity contribution is -0.154. The zero-order valence-corrected chi connectivity index (χ0v) is 34.8. The molecule has 8 rings (SSSR count). The van der Waals surface area contributed by atoms with Crippen molar-refractivity contribution in [3.8, 4) is 0 Å². The number of thiazole rings is 1. The SMILES string of the molecule is CS(=O)(=O)OC1=C(C(=O)OC(c2ccccc2)c2ccccc2)N2C(=O)[C@@H](NC(=O)/C(=N/OC(c3ccccc3)(c3ccccc3)c3ccccc3)c3csc(N)n3)[C@H]2SC1. The molecule has 308 valence electrons. The normalized spacial score (nSPS) is 16.7. The average molecular weight is 872 g/mol. The first kappa shape index (κ1) is 41.0. The summed E-state index contributed by atoms with van der Waals surface area (Å²) in [7, 11) is -4.14. The number of nitrogens with one attached hydrogen (secondary N) is 1. The standard InChI is InChI=1S/C45H37N5O8S3/c1-61(54,55)57-35-28-59-42-37(41(52)50(42)38(35)43(53)56-39(29-17-7-2-8-18-29)30-19-9-3-10-20-30)48-40(51)36(34-27-60-44(46)47-34)49-58-45(31-21-11-4-12-22-31,32-23-13-5-14-24-32)33-25-15-6-16-26-33/h2-27,37,39,42H,28H2,1H3,(H2,46,47)(H,48,51)/b49-36+/t37-,42-/m1/s1. The van der Waals surface area contributed by atoms with E-state index in [2.05, 4.69) is 15.5 Å². The van der Waals surface area contributed by atoms with Crippen molar-refractivity contribution in [2.75, 3.05) is 17.7 Å². The summed E-state index contributed by atoms with van der Waals surface area (Å²) in [5.74, 6) is -2.94. The van der Waals surface area contributed by atoms with Crippen molar-refractivity contribution < 1.29 is 36.6 Å². The van der Waals surface area contributed by atoms with Crippen LogP contribution in [0.2, 0.25) is 0 Å². The summed E-state index contributed by atoms with van der Waals surface area (Å²) in [6.07, 6.45) is -0.0749. The number of benzene rings is 5. The second-order valence-electron chi connectivity index (χ2n) is 13.9. The molecule has 16 heteroatoms. The van der Waals surface area contributed by atoms with Gasteiger partial charge in [-0.15, -0.1) is 23.1 Å². The first-order chi connectivity index (χ1) is 29.5. The van der Waals surface area contributed by atoms with Gasteiger partial charge in [-0.05, 0) is 11.1 Å². The van der Waals surface area contributed by atoms with Crippen LogP contribution in [0.1, 0.15) is 39.6 Å². The maximum atomic E-state index is 14.4. The first-order valence-corrected chi connectivity index (χ1v) is 22.6. The Labute approximate surface area is 360 Å². The monoisotopic (exact) mass is 871 g/mol. The Morgan fingerprint density at radius 2 is 1.31 bits per heavy atom. The Bertz CT molecular complexity index is 2580. The van der Waals surface area contributed by atoms with Gasteiger partial charge >= 0.3 is 16.1 Å². The van der Waals surface area contributed by atoms with Crippen LogP contribution in [-0.2, 0) is 43.9 Å². The topological polar surface area (TPSA) is 180 Å². The summed E-state index contributed by atoms with van der Waals surface area (Å²) < 4.78 is 36.2. The van der Waals surface area contributed by atoms with Gasteiger partial charge in [0, 0.05) is 22.1 Å². The van der Waals surface area contributed by atoms with Gasteiger partial charge in [0.2, 0.25) is 5.60 Å². The Morgan fingerprint density at radius 1 is 0.820 bits per heavy atom. The van der Waals surface area contributed by atoms with E-state index in [0.29, 0.717) is 11.1 Å². The third-order valence-corrected chi connectivity index (χ3v) is 12.3. The van der Waals surface area contributed by atoms with Gasteiger partial charge in [0.05, 0.1) is 12.0 Å². The van der Waals surface area contributed by atoms with E-state index in [0.717, 1.165) is 50.9 Å². The molecule has 6 aromatic rings. The Morgan fingerprint density at radius 3 is 1.77 bits per heavy atom. The molecule has 0 saturated carbocycles. The smallest absolute Gasteiger partial charge is 0.359 e. The number of hydrogen-bond donors (Lipinski definition) is 2. The number of β-lactam (4-membered cyclic amide) rings is 1. The van der Waals surface area contributed by atoms with Crippen molar-refractivity contribution in [1.82, 2.24) is 15.2 Å². The number of ether oxygens (including phenoxy) is 1. The highest BCUT2D eigenvalue weighted by Crippen LogP contribution is 2.43. The molecule has 0 bridgehead atoms. The molecule has 2 atom stereocenters. The molecule has 3 heterocycles. The van der Waals surface area contributed by atoms with Gasteiger partial charge in [0.15, 0.2) is 28.4 Å². The summed E-state index contributed by atoms with van der Waals surface area (Å²) in [4.78, 5) is 54.9. The Kier molecular flexibility index (Phi) is 11.7. The second kappa shape index (κ2) is 17.5. The number of aromatic nitrogens is 1. The highest BCUT2D eigenvalue weighted by Gasteiger charge is 2.56. The molecule has 61 heavy (non-hydrogen) atoms. The summed E-state index contributed by atoms with van der Waals surface area (Å²) in [5.41, 5.74) is 7.58. The Hall–Kier alpha value is -6.75. The highest BCUT2D eigenvalue weighted by molar-refractivity contribution is 8.00. The van der Waals surface area contributed by atoms with Gasteiger partial charge in [-0.3, -0.25) is 14.5 Å². The maximum Gasteiger partial charge on any atom is 0.359 e. The van der Waals surface area contributed by atoms with Gasteiger partial charge in [0.1, 0.15) is 17.1 Å². The minimum Gasteiger partial charge on any atom is -0.448 e. The molecule has 0 unspecified atom stereocenters. The van der Waals surface area contributed by atoms with Crippen molar-refractivity contribution in [3.05, 3.63) is 202 Å². The lowest BCUT2D eigenvalue weighted by Crippen LogP contribution is -2.71. The van der Waals surface area contributed by atoms with E-state index in [1.54, 1.807) is 53.9 Å². The zero-order chi connectivity index (χ0) is 42.6.